The van der Waals surface area contributed by atoms with Crippen LogP contribution in [0.4, 0.5) is 14.5 Å². The summed E-state index contributed by atoms with van der Waals surface area (Å²) in [6.45, 7) is 5.80. The first-order valence-corrected chi connectivity index (χ1v) is 9.82. The average Bonchev–Trinajstić information content (AvgIpc) is 2.63. The highest BCUT2D eigenvalue weighted by molar-refractivity contribution is 8.00. The Morgan fingerprint density at radius 1 is 1.18 bits per heavy atom. The van der Waals surface area contributed by atoms with E-state index in [4.69, 9.17) is 16.3 Å². The average molecular weight is 428 g/mol. The van der Waals surface area contributed by atoms with Crippen LogP contribution < -0.4 is 5.32 Å². The summed E-state index contributed by atoms with van der Waals surface area (Å²) in [7, 11) is 0. The lowest BCUT2D eigenvalue weighted by Gasteiger charge is -2.15. The van der Waals surface area contributed by atoms with E-state index in [0.29, 0.717) is 11.5 Å². The number of benzene rings is 2. The number of rotatable bonds is 7. The Hall–Kier alpha value is -2.12. The molecule has 0 aliphatic heterocycles. The molecule has 0 fully saturated rings. The maximum Gasteiger partial charge on any atom is 0.319 e. The molecule has 8 heteroatoms. The first kappa shape index (κ1) is 22.2. The predicted octanol–water partition coefficient (Wildman–Crippen LogP) is 5.55. The molecule has 0 aliphatic carbocycles. The van der Waals surface area contributed by atoms with Crippen molar-refractivity contribution < 1.29 is 23.1 Å². The molecule has 1 unspecified atom stereocenters. The number of ether oxygens (including phenoxy) is 1. The third-order valence-electron chi connectivity index (χ3n) is 3.55. The van der Waals surface area contributed by atoms with Crippen LogP contribution in [0.25, 0.3) is 0 Å². The minimum atomic E-state index is -0.742. The van der Waals surface area contributed by atoms with Crippen molar-refractivity contribution in [3.8, 4) is 0 Å². The van der Waals surface area contributed by atoms with Crippen molar-refractivity contribution in [1.82, 2.24) is 0 Å². The lowest BCUT2D eigenvalue weighted by Crippen LogP contribution is -2.19. The normalized spacial score (nSPS) is 12.0. The van der Waals surface area contributed by atoms with Crippen molar-refractivity contribution >= 4 is 40.9 Å². The van der Waals surface area contributed by atoms with E-state index in [2.05, 4.69) is 5.32 Å². The predicted molar refractivity (Wildman–Crippen MR) is 107 cm³/mol. The van der Waals surface area contributed by atoms with Gasteiger partial charge in [0.05, 0.1) is 17.3 Å². The van der Waals surface area contributed by atoms with Gasteiger partial charge in [-0.1, -0.05) is 31.5 Å². The molecule has 0 bridgehead atoms. The van der Waals surface area contributed by atoms with Gasteiger partial charge in [-0.3, -0.25) is 9.59 Å². The van der Waals surface area contributed by atoms with Crippen molar-refractivity contribution in [2.24, 2.45) is 5.92 Å². The Morgan fingerprint density at radius 2 is 1.89 bits per heavy atom. The number of nitrogens with one attached hydrogen (secondary N) is 1. The number of thioether (sulfide) groups is 1. The molecular weight excluding hydrogens is 408 g/mol. The van der Waals surface area contributed by atoms with E-state index >= 15 is 0 Å². The molecule has 0 spiro atoms. The van der Waals surface area contributed by atoms with Gasteiger partial charge in [0.25, 0.3) is 5.91 Å². The van der Waals surface area contributed by atoms with Crippen LogP contribution in [0.15, 0.2) is 41.3 Å². The van der Waals surface area contributed by atoms with E-state index in [1.807, 2.05) is 13.8 Å². The molecule has 4 nitrogen and oxygen atoms in total. The van der Waals surface area contributed by atoms with Gasteiger partial charge in [-0.2, -0.15) is 0 Å². The van der Waals surface area contributed by atoms with Crippen LogP contribution in [-0.2, 0) is 9.53 Å². The standard InChI is InChI=1S/C20H20ClF2NO3S/c1-11(2)10-27-20(26)12(3)28-18-9-17(16(23)8-15(18)21)24-19(25)13-5-4-6-14(22)7-13/h4-9,11-12H,10H2,1-3H3,(H,24,25). The highest BCUT2D eigenvalue weighted by Crippen LogP contribution is 2.35. The SMILES string of the molecule is CC(C)COC(=O)C(C)Sc1cc(NC(=O)c2cccc(F)c2)c(F)cc1Cl. The minimum absolute atomic E-state index is 0.0502. The lowest BCUT2D eigenvalue weighted by molar-refractivity contribution is -0.143. The van der Waals surface area contributed by atoms with Gasteiger partial charge < -0.3 is 10.1 Å². The summed E-state index contributed by atoms with van der Waals surface area (Å²) in [5.74, 6) is -2.19. The Bertz CT molecular complexity index is 877. The van der Waals surface area contributed by atoms with Crippen molar-refractivity contribution in [2.45, 2.75) is 30.9 Å². The molecule has 1 N–H and O–H groups in total. The molecule has 0 radical (unpaired) electrons. The summed E-state index contributed by atoms with van der Waals surface area (Å²) in [6, 6.07) is 7.44. The summed E-state index contributed by atoms with van der Waals surface area (Å²) in [5, 5.41) is 1.93. The van der Waals surface area contributed by atoms with Gasteiger partial charge in [0.2, 0.25) is 0 Å². The highest BCUT2D eigenvalue weighted by atomic mass is 35.5. The zero-order valence-corrected chi connectivity index (χ0v) is 17.2. The molecule has 2 aromatic carbocycles. The van der Waals surface area contributed by atoms with Crippen LogP contribution >= 0.6 is 23.4 Å². The third-order valence-corrected chi connectivity index (χ3v) is 5.11. The Kier molecular flexibility index (Phi) is 7.83. The highest BCUT2D eigenvalue weighted by Gasteiger charge is 2.20. The van der Waals surface area contributed by atoms with Gasteiger partial charge in [0, 0.05) is 10.5 Å². The number of esters is 1. The molecule has 0 saturated heterocycles. The molecule has 28 heavy (non-hydrogen) atoms. The number of carbonyl (C=O) groups is 2. The first-order valence-electron chi connectivity index (χ1n) is 8.56. The van der Waals surface area contributed by atoms with E-state index in [1.54, 1.807) is 6.92 Å². The van der Waals surface area contributed by atoms with Crippen molar-refractivity contribution in [3.63, 3.8) is 0 Å². The quantitative estimate of drug-likeness (QED) is 0.465. The van der Waals surface area contributed by atoms with E-state index in [0.717, 1.165) is 23.9 Å². The van der Waals surface area contributed by atoms with Crippen LogP contribution in [0, 0.1) is 17.6 Å². The maximum atomic E-state index is 14.2. The second-order valence-corrected chi connectivity index (χ2v) is 8.30. The molecule has 2 rings (SSSR count). The van der Waals surface area contributed by atoms with Crippen LogP contribution in [0.2, 0.25) is 5.02 Å². The van der Waals surface area contributed by atoms with E-state index in [-0.39, 0.29) is 22.2 Å². The molecule has 0 aromatic heterocycles. The van der Waals surface area contributed by atoms with Crippen LogP contribution in [0.5, 0.6) is 0 Å². The van der Waals surface area contributed by atoms with Crippen molar-refractivity contribution in [1.29, 1.82) is 0 Å². The molecule has 1 atom stereocenters. The topological polar surface area (TPSA) is 55.4 Å². The summed E-state index contributed by atoms with van der Waals surface area (Å²) in [4.78, 5) is 24.7. The number of hydrogen-bond acceptors (Lipinski definition) is 4. The van der Waals surface area contributed by atoms with E-state index in [9.17, 15) is 18.4 Å². The molecule has 2 aromatic rings. The van der Waals surface area contributed by atoms with Crippen LogP contribution in [0.1, 0.15) is 31.1 Å². The summed E-state index contributed by atoms with van der Waals surface area (Å²) >= 11 is 7.17. The van der Waals surface area contributed by atoms with Gasteiger partial charge in [0.15, 0.2) is 0 Å². The van der Waals surface area contributed by atoms with Crippen molar-refractivity contribution in [3.05, 3.63) is 58.6 Å². The van der Waals surface area contributed by atoms with E-state index in [1.165, 1.54) is 24.3 Å². The largest absolute Gasteiger partial charge is 0.465 e. The third kappa shape index (κ3) is 6.21. The Morgan fingerprint density at radius 3 is 2.54 bits per heavy atom. The second kappa shape index (κ2) is 9.89. The second-order valence-electron chi connectivity index (χ2n) is 6.51. The smallest absolute Gasteiger partial charge is 0.319 e. The number of amides is 1. The lowest BCUT2D eigenvalue weighted by atomic mass is 10.2. The monoisotopic (exact) mass is 427 g/mol. The summed E-state index contributed by atoms with van der Waals surface area (Å²) < 4.78 is 32.7. The number of anilines is 1. The zero-order valence-electron chi connectivity index (χ0n) is 15.6. The molecule has 150 valence electrons. The van der Waals surface area contributed by atoms with E-state index < -0.39 is 28.8 Å². The van der Waals surface area contributed by atoms with Gasteiger partial charge in [-0.15, -0.1) is 11.8 Å². The first-order chi connectivity index (χ1) is 13.2. The molecule has 0 saturated carbocycles. The van der Waals surface area contributed by atoms with Gasteiger partial charge in [-0.25, -0.2) is 8.78 Å². The number of hydrogen-bond donors (Lipinski definition) is 1. The summed E-state index contributed by atoms with van der Waals surface area (Å²) in [6.07, 6.45) is 0. The molecule has 1 amide bonds. The number of halogens is 3. The minimum Gasteiger partial charge on any atom is -0.465 e. The summed E-state index contributed by atoms with van der Waals surface area (Å²) in [5.41, 5.74) is -0.0712. The zero-order chi connectivity index (χ0) is 20.8. The maximum absolute atomic E-state index is 14.2. The Labute approximate surface area is 171 Å². The van der Waals surface area contributed by atoms with Gasteiger partial charge in [0.1, 0.15) is 16.9 Å². The fraction of sp³-hybridized carbons (Fsp3) is 0.300. The fourth-order valence-electron chi connectivity index (χ4n) is 2.14. The molecule has 0 aliphatic rings. The fourth-order valence-corrected chi connectivity index (χ4v) is 3.33. The molecule has 0 heterocycles. The Balaban J connectivity index is 2.15. The van der Waals surface area contributed by atoms with Crippen LogP contribution in [-0.4, -0.2) is 23.7 Å². The van der Waals surface area contributed by atoms with Crippen LogP contribution in [0.3, 0.4) is 0 Å². The molecular formula is C20H20ClF2NO3S. The van der Waals surface area contributed by atoms with Crippen molar-refractivity contribution in [2.75, 3.05) is 11.9 Å². The van der Waals surface area contributed by atoms with Gasteiger partial charge in [-0.05, 0) is 43.2 Å². The number of carbonyl (C=O) groups excluding carboxylic acids is 2. The van der Waals surface area contributed by atoms with Gasteiger partial charge >= 0.3 is 5.97 Å².